The molecule has 0 aliphatic rings. The van der Waals surface area contributed by atoms with Gasteiger partial charge in [0.1, 0.15) is 0 Å². The Morgan fingerprint density at radius 2 is 1.88 bits per heavy atom. The van der Waals surface area contributed by atoms with Gasteiger partial charge in [-0.1, -0.05) is 29.8 Å². The number of hydrogen-bond donors (Lipinski definition) is 2. The third-order valence-corrected chi connectivity index (χ3v) is 3.93. The predicted octanol–water partition coefficient (Wildman–Crippen LogP) is 1.95. The summed E-state index contributed by atoms with van der Waals surface area (Å²) in [5, 5.41) is 3.26. The zero-order valence-corrected chi connectivity index (χ0v) is 18.0. The summed E-state index contributed by atoms with van der Waals surface area (Å²) in [6, 6.07) is 8.44. The average molecular weight is 468 g/mol. The molecule has 0 aliphatic heterocycles. The van der Waals surface area contributed by atoms with Crippen LogP contribution in [-0.2, 0) is 16.6 Å². The van der Waals surface area contributed by atoms with E-state index in [0.717, 1.165) is 25.3 Å². The number of nitrogens with one attached hydrogen (secondary N) is 2. The lowest BCUT2D eigenvalue weighted by Gasteiger charge is -2.22. The summed E-state index contributed by atoms with van der Waals surface area (Å²) in [5.41, 5.74) is 2.47. The highest BCUT2D eigenvalue weighted by molar-refractivity contribution is 14.0. The maximum Gasteiger partial charge on any atom is 0.208 e. The van der Waals surface area contributed by atoms with Crippen molar-refractivity contribution in [3.8, 4) is 0 Å². The normalized spacial score (nSPS) is 11.8. The summed E-state index contributed by atoms with van der Waals surface area (Å²) in [6.07, 6.45) is 1.83. The van der Waals surface area contributed by atoms with Gasteiger partial charge in [0.2, 0.25) is 10.0 Å². The molecule has 0 saturated heterocycles. The van der Waals surface area contributed by atoms with Crippen molar-refractivity contribution in [3.05, 3.63) is 35.4 Å². The van der Waals surface area contributed by atoms with Crippen molar-refractivity contribution >= 4 is 40.0 Å². The Balaban J connectivity index is 0.00000529. The summed E-state index contributed by atoms with van der Waals surface area (Å²) in [4.78, 5) is 6.61. The molecule has 2 N–H and O–H groups in total. The predicted molar refractivity (Wildman–Crippen MR) is 112 cm³/mol. The number of guanidine groups is 1. The molecule has 1 rings (SSSR count). The molecule has 0 fully saturated rings. The van der Waals surface area contributed by atoms with E-state index in [2.05, 4.69) is 51.1 Å². The molecule has 6 nitrogen and oxygen atoms in total. The minimum absolute atomic E-state index is 0. The van der Waals surface area contributed by atoms with Crippen molar-refractivity contribution in [2.75, 3.05) is 32.9 Å². The molecule has 1 aromatic rings. The smallest absolute Gasteiger partial charge is 0.208 e. The van der Waals surface area contributed by atoms with Crippen molar-refractivity contribution < 1.29 is 8.42 Å². The molecule has 24 heavy (non-hydrogen) atoms. The lowest BCUT2D eigenvalue weighted by atomic mass is 10.1. The van der Waals surface area contributed by atoms with Crippen LogP contribution in [0.2, 0.25) is 0 Å². The van der Waals surface area contributed by atoms with Crippen molar-refractivity contribution in [1.29, 1.82) is 0 Å². The fourth-order valence-electron chi connectivity index (χ4n) is 2.03. The number of nitrogens with zero attached hydrogens (tertiary/aromatic N) is 2. The number of rotatable bonds is 8. The van der Waals surface area contributed by atoms with Crippen molar-refractivity contribution in [3.63, 3.8) is 0 Å². The third kappa shape index (κ3) is 10.1. The summed E-state index contributed by atoms with van der Waals surface area (Å²) < 4.78 is 24.5. The standard InChI is InChI=1S/C16H28N4O2S.HI/c1-5-17-16(18-11-6-12-19-23(4,21)22)20(3)13-15-9-7-14(2)8-10-15;/h7-10,19H,5-6,11-13H2,1-4H3,(H,17,18);1H. The number of hydrogen-bond acceptors (Lipinski definition) is 3. The van der Waals surface area contributed by atoms with Crippen molar-refractivity contribution in [2.45, 2.75) is 26.8 Å². The first-order chi connectivity index (χ1) is 10.8. The van der Waals surface area contributed by atoms with Gasteiger partial charge in [-0.15, -0.1) is 24.0 Å². The SMILES string of the molecule is CCNC(=NCCCNS(C)(=O)=O)N(C)Cc1ccc(C)cc1.I. The van der Waals surface area contributed by atoms with Gasteiger partial charge in [0.05, 0.1) is 6.26 Å². The Kier molecular flexibility index (Phi) is 11.2. The van der Waals surface area contributed by atoms with Crippen molar-refractivity contribution in [1.82, 2.24) is 14.9 Å². The first kappa shape index (κ1) is 23.1. The number of aliphatic imine (C=N–C) groups is 1. The maximum atomic E-state index is 11.0. The van der Waals surface area contributed by atoms with E-state index < -0.39 is 10.0 Å². The highest BCUT2D eigenvalue weighted by Gasteiger charge is 2.06. The van der Waals surface area contributed by atoms with Gasteiger partial charge >= 0.3 is 0 Å². The van der Waals surface area contributed by atoms with Gasteiger partial charge in [0, 0.05) is 33.2 Å². The van der Waals surface area contributed by atoms with E-state index in [-0.39, 0.29) is 24.0 Å². The van der Waals surface area contributed by atoms with E-state index in [1.54, 1.807) is 0 Å². The first-order valence-corrected chi connectivity index (χ1v) is 9.70. The topological polar surface area (TPSA) is 73.8 Å². The van der Waals surface area contributed by atoms with Crippen LogP contribution in [-0.4, -0.2) is 52.2 Å². The van der Waals surface area contributed by atoms with Gasteiger partial charge in [-0.2, -0.15) is 0 Å². The number of halogens is 1. The molecule has 8 heteroatoms. The highest BCUT2D eigenvalue weighted by atomic mass is 127. The molecule has 0 unspecified atom stereocenters. The van der Waals surface area contributed by atoms with E-state index in [1.165, 1.54) is 11.1 Å². The average Bonchev–Trinajstić information content (AvgIpc) is 2.47. The van der Waals surface area contributed by atoms with Gasteiger partial charge in [0.15, 0.2) is 5.96 Å². The van der Waals surface area contributed by atoms with Gasteiger partial charge in [-0.05, 0) is 25.8 Å². The van der Waals surface area contributed by atoms with Crippen LogP contribution in [0.1, 0.15) is 24.5 Å². The fraction of sp³-hybridized carbons (Fsp3) is 0.562. The van der Waals surface area contributed by atoms with Crippen LogP contribution in [0.3, 0.4) is 0 Å². The highest BCUT2D eigenvalue weighted by Crippen LogP contribution is 2.06. The number of sulfonamides is 1. The summed E-state index contributed by atoms with van der Waals surface area (Å²) >= 11 is 0. The first-order valence-electron chi connectivity index (χ1n) is 7.81. The molecular formula is C16H29IN4O2S. The van der Waals surface area contributed by atoms with Gasteiger partial charge in [-0.3, -0.25) is 4.99 Å². The molecular weight excluding hydrogens is 439 g/mol. The van der Waals surface area contributed by atoms with Crippen LogP contribution in [0.25, 0.3) is 0 Å². The second kappa shape index (κ2) is 11.6. The second-order valence-corrected chi connectivity index (χ2v) is 7.43. The maximum absolute atomic E-state index is 11.0. The summed E-state index contributed by atoms with van der Waals surface area (Å²) in [6.45, 7) is 6.64. The molecule has 0 saturated carbocycles. The molecule has 0 heterocycles. The second-order valence-electron chi connectivity index (χ2n) is 5.60. The van der Waals surface area contributed by atoms with Crippen LogP contribution in [0, 0.1) is 6.92 Å². The zero-order valence-electron chi connectivity index (χ0n) is 14.9. The molecule has 0 aromatic heterocycles. The quantitative estimate of drug-likeness (QED) is 0.265. The lowest BCUT2D eigenvalue weighted by molar-refractivity contribution is 0.476. The molecule has 0 aliphatic carbocycles. The Morgan fingerprint density at radius 3 is 2.42 bits per heavy atom. The largest absolute Gasteiger partial charge is 0.357 e. The fourth-order valence-corrected chi connectivity index (χ4v) is 2.55. The van der Waals surface area contributed by atoms with E-state index in [4.69, 9.17) is 0 Å². The van der Waals surface area contributed by atoms with E-state index in [1.807, 2.05) is 14.0 Å². The van der Waals surface area contributed by atoms with Gasteiger partial charge < -0.3 is 10.2 Å². The Labute approximate surface area is 163 Å². The molecule has 0 radical (unpaired) electrons. The Hall–Kier alpha value is -0.870. The molecule has 0 atom stereocenters. The third-order valence-electron chi connectivity index (χ3n) is 3.20. The summed E-state index contributed by atoms with van der Waals surface area (Å²) in [5.74, 6) is 0.826. The Morgan fingerprint density at radius 1 is 1.25 bits per heavy atom. The minimum Gasteiger partial charge on any atom is -0.357 e. The molecule has 0 amide bonds. The van der Waals surface area contributed by atoms with Gasteiger partial charge in [0.25, 0.3) is 0 Å². The van der Waals surface area contributed by atoms with E-state index in [0.29, 0.717) is 19.5 Å². The van der Waals surface area contributed by atoms with Crippen LogP contribution in [0.5, 0.6) is 0 Å². The van der Waals surface area contributed by atoms with E-state index in [9.17, 15) is 8.42 Å². The molecule has 0 bridgehead atoms. The number of benzene rings is 1. The molecule has 138 valence electrons. The van der Waals surface area contributed by atoms with E-state index >= 15 is 0 Å². The monoisotopic (exact) mass is 468 g/mol. The lowest BCUT2D eigenvalue weighted by Crippen LogP contribution is -2.38. The van der Waals surface area contributed by atoms with Crippen LogP contribution >= 0.6 is 24.0 Å². The van der Waals surface area contributed by atoms with Crippen LogP contribution in [0.15, 0.2) is 29.3 Å². The molecule has 0 spiro atoms. The minimum atomic E-state index is -3.12. The molecule has 1 aromatic carbocycles. The summed E-state index contributed by atoms with van der Waals surface area (Å²) in [7, 11) is -1.12. The Bertz CT molecular complexity index is 603. The zero-order chi connectivity index (χ0) is 17.3. The van der Waals surface area contributed by atoms with Crippen LogP contribution < -0.4 is 10.0 Å². The van der Waals surface area contributed by atoms with Crippen LogP contribution in [0.4, 0.5) is 0 Å². The number of aryl methyl sites for hydroxylation is 1. The van der Waals surface area contributed by atoms with Crippen molar-refractivity contribution in [2.24, 2.45) is 4.99 Å². The van der Waals surface area contributed by atoms with Gasteiger partial charge in [-0.25, -0.2) is 13.1 Å².